The zero-order valence-corrected chi connectivity index (χ0v) is 10.6. The molecule has 2 heteroatoms. The molecule has 0 radical (unpaired) electrons. The van der Waals surface area contributed by atoms with Crippen molar-refractivity contribution in [1.82, 2.24) is 5.32 Å². The van der Waals surface area contributed by atoms with Gasteiger partial charge in [0.05, 0.1) is 0 Å². The molecule has 0 spiro atoms. The molecular weight excluding hydrogens is 196 g/mol. The first-order valence-electron chi connectivity index (χ1n) is 7.29. The summed E-state index contributed by atoms with van der Waals surface area (Å²) < 4.78 is 0. The number of hydrogen-bond acceptors (Lipinski definition) is 2. The third kappa shape index (κ3) is 3.74. The summed E-state index contributed by atoms with van der Waals surface area (Å²) in [6.45, 7) is 3.41. The molecule has 2 fully saturated rings. The fraction of sp³-hybridized carbons (Fsp3) is 1.00. The molecule has 2 nitrogen and oxygen atoms in total. The van der Waals surface area contributed by atoms with Crippen LogP contribution in [-0.2, 0) is 0 Å². The summed E-state index contributed by atoms with van der Waals surface area (Å²) in [4.78, 5) is 0. The van der Waals surface area contributed by atoms with Crippen molar-refractivity contribution >= 4 is 0 Å². The highest BCUT2D eigenvalue weighted by Gasteiger charge is 2.20. The molecule has 0 atom stereocenters. The molecule has 16 heavy (non-hydrogen) atoms. The largest absolute Gasteiger partial charge is 0.330 e. The van der Waals surface area contributed by atoms with Gasteiger partial charge in [0, 0.05) is 0 Å². The van der Waals surface area contributed by atoms with Crippen molar-refractivity contribution in [1.29, 1.82) is 0 Å². The van der Waals surface area contributed by atoms with Gasteiger partial charge in [-0.1, -0.05) is 19.3 Å². The van der Waals surface area contributed by atoms with Crippen LogP contribution in [-0.4, -0.2) is 19.6 Å². The maximum absolute atomic E-state index is 5.71. The van der Waals surface area contributed by atoms with E-state index in [1.165, 1.54) is 64.5 Å². The van der Waals surface area contributed by atoms with Crippen molar-refractivity contribution in [3.05, 3.63) is 0 Å². The van der Waals surface area contributed by atoms with E-state index in [-0.39, 0.29) is 0 Å². The molecule has 94 valence electrons. The lowest BCUT2D eigenvalue weighted by Crippen LogP contribution is -2.30. The quantitative estimate of drug-likeness (QED) is 0.680. The van der Waals surface area contributed by atoms with E-state index in [4.69, 9.17) is 5.73 Å². The molecule has 0 aromatic carbocycles. The minimum atomic E-state index is 0.825. The normalized spacial score (nSPS) is 31.3. The first-order valence-corrected chi connectivity index (χ1v) is 7.29. The number of nitrogens with two attached hydrogens (primary N) is 1. The zero-order valence-electron chi connectivity index (χ0n) is 10.6. The van der Waals surface area contributed by atoms with Gasteiger partial charge in [-0.3, -0.25) is 0 Å². The highest BCUT2D eigenvalue weighted by Crippen LogP contribution is 2.29. The summed E-state index contributed by atoms with van der Waals surface area (Å²) in [6.07, 6.45) is 11.4. The average Bonchev–Trinajstić information content (AvgIpc) is 2.27. The van der Waals surface area contributed by atoms with Crippen molar-refractivity contribution in [3.8, 4) is 0 Å². The molecule has 0 bridgehead atoms. The van der Waals surface area contributed by atoms with Crippen LogP contribution in [0, 0.1) is 17.8 Å². The van der Waals surface area contributed by atoms with E-state index in [9.17, 15) is 0 Å². The molecular formula is C14H28N2. The predicted octanol–water partition coefficient (Wildman–Crippen LogP) is 2.53. The van der Waals surface area contributed by atoms with Gasteiger partial charge in [0.15, 0.2) is 0 Å². The number of rotatable bonds is 6. The van der Waals surface area contributed by atoms with E-state index in [1.807, 2.05) is 0 Å². The van der Waals surface area contributed by atoms with Crippen LogP contribution >= 0.6 is 0 Å². The van der Waals surface area contributed by atoms with Gasteiger partial charge < -0.3 is 11.1 Å². The summed E-state index contributed by atoms with van der Waals surface area (Å²) in [5, 5.41) is 3.66. The molecule has 2 rings (SSSR count). The molecule has 0 unspecified atom stereocenters. The molecule has 0 aliphatic heterocycles. The Morgan fingerprint density at radius 2 is 1.56 bits per heavy atom. The van der Waals surface area contributed by atoms with Crippen LogP contribution < -0.4 is 11.1 Å². The first kappa shape index (κ1) is 12.4. The van der Waals surface area contributed by atoms with Crippen LogP contribution in [0.4, 0.5) is 0 Å². The van der Waals surface area contributed by atoms with Gasteiger partial charge in [-0.25, -0.2) is 0 Å². The van der Waals surface area contributed by atoms with Crippen LogP contribution in [0.2, 0.25) is 0 Å². The molecule has 0 aromatic heterocycles. The SMILES string of the molecule is NCC1CCC(CNCCC2CCC2)CC1. The topological polar surface area (TPSA) is 38.0 Å². The van der Waals surface area contributed by atoms with Gasteiger partial charge in [-0.05, 0) is 69.5 Å². The fourth-order valence-electron chi connectivity index (χ4n) is 3.07. The van der Waals surface area contributed by atoms with Gasteiger partial charge >= 0.3 is 0 Å². The highest BCUT2D eigenvalue weighted by atomic mass is 14.9. The molecule has 0 saturated heterocycles. The Balaban J connectivity index is 1.47. The summed E-state index contributed by atoms with van der Waals surface area (Å²) in [5.41, 5.74) is 5.71. The lowest BCUT2D eigenvalue weighted by atomic mass is 9.81. The van der Waals surface area contributed by atoms with E-state index in [0.717, 1.165) is 24.3 Å². The third-order valence-electron chi connectivity index (χ3n) is 4.69. The van der Waals surface area contributed by atoms with Crippen molar-refractivity contribution in [2.45, 2.75) is 51.4 Å². The standard InChI is InChI=1S/C14H28N2/c15-10-13-4-6-14(7-5-13)11-16-9-8-12-2-1-3-12/h12-14,16H,1-11,15H2. The minimum absolute atomic E-state index is 0.825. The second-order valence-electron chi connectivity index (χ2n) is 5.91. The van der Waals surface area contributed by atoms with Crippen LogP contribution in [0.25, 0.3) is 0 Å². The van der Waals surface area contributed by atoms with Gasteiger partial charge in [0.2, 0.25) is 0 Å². The molecule has 2 aliphatic carbocycles. The van der Waals surface area contributed by atoms with E-state index < -0.39 is 0 Å². The fourth-order valence-corrected chi connectivity index (χ4v) is 3.07. The van der Waals surface area contributed by atoms with Gasteiger partial charge in [-0.15, -0.1) is 0 Å². The molecule has 3 N–H and O–H groups in total. The van der Waals surface area contributed by atoms with E-state index in [1.54, 1.807) is 0 Å². The Kier molecular flexibility index (Phi) is 5.11. The Hall–Kier alpha value is -0.0800. The summed E-state index contributed by atoms with van der Waals surface area (Å²) >= 11 is 0. The lowest BCUT2D eigenvalue weighted by molar-refractivity contribution is 0.260. The van der Waals surface area contributed by atoms with Crippen LogP contribution in [0.5, 0.6) is 0 Å². The van der Waals surface area contributed by atoms with E-state index in [0.29, 0.717) is 0 Å². The Morgan fingerprint density at radius 1 is 0.875 bits per heavy atom. The number of nitrogens with one attached hydrogen (secondary N) is 1. The Morgan fingerprint density at radius 3 is 2.12 bits per heavy atom. The lowest BCUT2D eigenvalue weighted by Gasteiger charge is -2.29. The summed E-state index contributed by atoms with van der Waals surface area (Å²) in [6, 6.07) is 0. The van der Waals surface area contributed by atoms with Gasteiger partial charge in [0.25, 0.3) is 0 Å². The van der Waals surface area contributed by atoms with E-state index >= 15 is 0 Å². The Bertz CT molecular complexity index is 181. The number of hydrogen-bond donors (Lipinski definition) is 2. The summed E-state index contributed by atoms with van der Waals surface area (Å²) in [7, 11) is 0. The highest BCUT2D eigenvalue weighted by molar-refractivity contribution is 4.75. The van der Waals surface area contributed by atoms with Crippen molar-refractivity contribution in [3.63, 3.8) is 0 Å². The maximum atomic E-state index is 5.71. The first-order chi connectivity index (χ1) is 7.88. The maximum Gasteiger partial charge on any atom is -0.00205 e. The van der Waals surface area contributed by atoms with Gasteiger partial charge in [0.1, 0.15) is 0 Å². The zero-order chi connectivity index (χ0) is 11.2. The molecule has 2 aliphatic rings. The minimum Gasteiger partial charge on any atom is -0.330 e. The third-order valence-corrected chi connectivity index (χ3v) is 4.69. The average molecular weight is 224 g/mol. The van der Waals surface area contributed by atoms with E-state index in [2.05, 4.69) is 5.32 Å². The second kappa shape index (κ2) is 6.61. The molecule has 0 amide bonds. The van der Waals surface area contributed by atoms with Gasteiger partial charge in [-0.2, -0.15) is 0 Å². The molecule has 0 heterocycles. The Labute approximate surface area is 100 Å². The van der Waals surface area contributed by atoms with Crippen molar-refractivity contribution < 1.29 is 0 Å². The monoisotopic (exact) mass is 224 g/mol. The molecule has 2 saturated carbocycles. The van der Waals surface area contributed by atoms with Crippen LogP contribution in [0.3, 0.4) is 0 Å². The van der Waals surface area contributed by atoms with Crippen molar-refractivity contribution in [2.75, 3.05) is 19.6 Å². The van der Waals surface area contributed by atoms with Crippen molar-refractivity contribution in [2.24, 2.45) is 23.5 Å². The molecule has 0 aromatic rings. The van der Waals surface area contributed by atoms with Crippen LogP contribution in [0.1, 0.15) is 51.4 Å². The predicted molar refractivity (Wildman–Crippen MR) is 69.3 cm³/mol. The smallest absolute Gasteiger partial charge is 0.00205 e. The second-order valence-corrected chi connectivity index (χ2v) is 5.91. The van der Waals surface area contributed by atoms with Crippen LogP contribution in [0.15, 0.2) is 0 Å². The summed E-state index contributed by atoms with van der Waals surface area (Å²) in [5.74, 6) is 2.82.